The molecule has 294 valence electrons. The Bertz CT molecular complexity index is 1580. The van der Waals surface area contributed by atoms with Gasteiger partial charge < -0.3 is 33.7 Å². The highest BCUT2D eigenvalue weighted by atomic mass is 32.2. The van der Waals surface area contributed by atoms with Crippen molar-refractivity contribution >= 4 is 45.9 Å². The summed E-state index contributed by atoms with van der Waals surface area (Å²) < 4.78 is 61.0. The van der Waals surface area contributed by atoms with Gasteiger partial charge in [0.1, 0.15) is 37.1 Å². The van der Waals surface area contributed by atoms with Crippen LogP contribution in [0.1, 0.15) is 73.6 Å². The number of esters is 5. The van der Waals surface area contributed by atoms with Crippen LogP contribution in [0.25, 0.3) is 0 Å². The van der Waals surface area contributed by atoms with Crippen molar-refractivity contribution < 1.29 is 69.8 Å². The molecule has 15 atom stereocenters. The van der Waals surface area contributed by atoms with E-state index in [1.54, 1.807) is 27.7 Å². The van der Waals surface area contributed by atoms with Crippen molar-refractivity contribution in [1.82, 2.24) is 5.32 Å². The van der Waals surface area contributed by atoms with Crippen LogP contribution in [-0.4, -0.2) is 105 Å². The fraction of sp³-hybridized carbons (Fsp3) is 0.833. The first-order valence-electron chi connectivity index (χ1n) is 18.8. The first kappa shape index (κ1) is 38.0. The molecular formula is C36H49NO15S. The summed E-state index contributed by atoms with van der Waals surface area (Å²) in [5.74, 6) is -1.41. The van der Waals surface area contributed by atoms with E-state index in [-0.39, 0.29) is 108 Å². The molecule has 16 nitrogen and oxygen atoms in total. The van der Waals surface area contributed by atoms with Crippen LogP contribution in [0, 0.1) is 53.3 Å². The average Bonchev–Trinajstić information content (AvgIpc) is 3.96. The molecule has 5 saturated heterocycles. The quantitative estimate of drug-likeness (QED) is 0.209. The van der Waals surface area contributed by atoms with E-state index in [2.05, 4.69) is 5.32 Å². The van der Waals surface area contributed by atoms with Gasteiger partial charge in [0.05, 0.1) is 35.0 Å². The fourth-order valence-electron chi connectivity index (χ4n) is 9.59. The van der Waals surface area contributed by atoms with Gasteiger partial charge in [0.2, 0.25) is 5.91 Å². The molecule has 6 bridgehead atoms. The maximum atomic E-state index is 11.8. The zero-order valence-corrected chi connectivity index (χ0v) is 31.5. The van der Waals surface area contributed by atoms with E-state index in [9.17, 15) is 37.2 Å². The number of hydrogen-bond acceptors (Lipinski definition) is 15. The summed E-state index contributed by atoms with van der Waals surface area (Å²) in [5.41, 5.74) is 0. The van der Waals surface area contributed by atoms with Gasteiger partial charge in [-0.3, -0.25) is 33.0 Å². The van der Waals surface area contributed by atoms with Gasteiger partial charge in [0.15, 0.2) is 12.2 Å². The summed E-state index contributed by atoms with van der Waals surface area (Å²) in [7, 11) is -3.50. The van der Waals surface area contributed by atoms with Crippen LogP contribution < -0.4 is 5.32 Å². The van der Waals surface area contributed by atoms with Crippen LogP contribution in [0.5, 0.6) is 0 Å². The van der Waals surface area contributed by atoms with E-state index in [1.807, 2.05) is 13.8 Å². The highest BCUT2D eigenvalue weighted by Gasteiger charge is 2.67. The molecule has 1 amide bonds. The monoisotopic (exact) mass is 767 g/mol. The van der Waals surface area contributed by atoms with Gasteiger partial charge in [0, 0.05) is 29.6 Å². The Morgan fingerprint density at radius 2 is 1.26 bits per heavy atom. The minimum Gasteiger partial charge on any atom is -0.458 e. The number of ether oxygens (including phenoxy) is 6. The van der Waals surface area contributed by atoms with E-state index in [0.29, 0.717) is 24.7 Å². The molecule has 1 N–H and O–H groups in total. The van der Waals surface area contributed by atoms with Crippen molar-refractivity contribution in [3.8, 4) is 0 Å². The SMILES string of the molecule is CC(C)C(=O)NCC(=O)OC1C2CC3C1OS(=O)(=O)C3C2.CC(C)C(=O)OC1C2CC3C(=O)OC1C3C2.CC(C)C(=O)OC1C2CC3C(=O)OC1C3O2. The Morgan fingerprint density at radius 3 is 1.92 bits per heavy atom. The second-order valence-corrected chi connectivity index (χ2v) is 18.5. The third-order valence-electron chi connectivity index (χ3n) is 12.3. The third-order valence-corrected chi connectivity index (χ3v) is 14.0. The van der Waals surface area contributed by atoms with E-state index >= 15 is 0 Å². The summed E-state index contributed by atoms with van der Waals surface area (Å²) in [4.78, 5) is 69.2. The second kappa shape index (κ2) is 14.1. The van der Waals surface area contributed by atoms with Crippen LogP contribution >= 0.6 is 0 Å². The van der Waals surface area contributed by atoms with Crippen LogP contribution in [0.15, 0.2) is 0 Å². The first-order chi connectivity index (χ1) is 24.9. The number of nitrogens with one attached hydrogen (secondary N) is 1. The maximum Gasteiger partial charge on any atom is 0.325 e. The van der Waals surface area contributed by atoms with Gasteiger partial charge >= 0.3 is 29.8 Å². The van der Waals surface area contributed by atoms with Crippen LogP contribution in [-0.2, 0) is 71.5 Å². The molecule has 9 aliphatic rings. The average molecular weight is 768 g/mol. The first-order valence-corrected chi connectivity index (χ1v) is 20.3. The zero-order chi connectivity index (χ0) is 38.3. The van der Waals surface area contributed by atoms with Gasteiger partial charge in [-0.25, -0.2) is 0 Å². The summed E-state index contributed by atoms with van der Waals surface area (Å²) in [6, 6.07) is 0. The lowest BCUT2D eigenvalue weighted by Gasteiger charge is -2.25. The molecule has 0 aromatic carbocycles. The molecule has 0 aromatic heterocycles. The van der Waals surface area contributed by atoms with E-state index in [4.69, 9.17) is 32.6 Å². The Labute approximate surface area is 308 Å². The zero-order valence-electron chi connectivity index (χ0n) is 30.7. The van der Waals surface area contributed by atoms with Gasteiger partial charge in [0.25, 0.3) is 10.1 Å². The number of carbonyl (C=O) groups is 6. The second-order valence-electron chi connectivity index (χ2n) is 16.7. The molecular weight excluding hydrogens is 718 g/mol. The molecule has 17 heteroatoms. The summed E-state index contributed by atoms with van der Waals surface area (Å²) >= 11 is 0. The number of hydrogen-bond donors (Lipinski definition) is 1. The van der Waals surface area contributed by atoms with E-state index in [0.717, 1.165) is 19.3 Å². The Kier molecular flexibility index (Phi) is 10.1. The summed E-state index contributed by atoms with van der Waals surface area (Å²) in [6.45, 7) is 10.5. The minimum atomic E-state index is -3.50. The standard InChI is InChI=1S/C13H19NO6S.C12H16O4.C11H14O5/c1-6(2)13(16)14-5-10(15)19-11-7-3-8-9(4-7)21(17,18)20-12(8)11;1-5(2)11(13)15-9-6-3-7-8(4-6)12(14)16-10(7)9;1-4(2)10(12)15-8-6-3-5-7(14-6)9(8)16-11(5)13/h6-9,11-12H,3-5H2,1-2H3,(H,14,16);5-10H,3-4H2,1-2H3;4-9H,3H2,1-2H3. The Hall–Kier alpha value is -3.31. The minimum absolute atomic E-state index is 0.0482. The number of carbonyl (C=O) groups excluding carboxylic acids is 6. The number of amides is 1. The predicted molar refractivity (Wildman–Crippen MR) is 177 cm³/mol. The lowest BCUT2D eigenvalue weighted by atomic mass is 9.88. The molecule has 5 aliphatic heterocycles. The van der Waals surface area contributed by atoms with Gasteiger partial charge in [-0.15, -0.1) is 0 Å². The Morgan fingerprint density at radius 1 is 0.679 bits per heavy atom. The molecule has 5 heterocycles. The molecule has 0 spiro atoms. The van der Waals surface area contributed by atoms with Crippen molar-refractivity contribution in [1.29, 1.82) is 0 Å². The molecule has 4 aliphatic carbocycles. The molecule has 0 radical (unpaired) electrons. The van der Waals surface area contributed by atoms with Gasteiger partial charge in [-0.2, -0.15) is 8.42 Å². The lowest BCUT2D eigenvalue weighted by Crippen LogP contribution is -2.40. The molecule has 53 heavy (non-hydrogen) atoms. The highest BCUT2D eigenvalue weighted by Crippen LogP contribution is 2.56. The fourth-order valence-corrected chi connectivity index (χ4v) is 11.5. The van der Waals surface area contributed by atoms with Crippen LogP contribution in [0.4, 0.5) is 0 Å². The number of fused-ring (bicyclic) bond motifs is 3. The van der Waals surface area contributed by atoms with Crippen LogP contribution in [0.2, 0.25) is 0 Å². The predicted octanol–water partition coefficient (Wildman–Crippen LogP) is 1.21. The largest absolute Gasteiger partial charge is 0.458 e. The normalized spacial score (nSPS) is 41.9. The topological polar surface area (TPSA) is 213 Å². The van der Waals surface area contributed by atoms with Crippen molar-refractivity contribution in [3.05, 3.63) is 0 Å². The highest BCUT2D eigenvalue weighted by molar-refractivity contribution is 7.87. The molecule has 9 fully saturated rings. The maximum absolute atomic E-state index is 11.8. The van der Waals surface area contributed by atoms with Crippen molar-refractivity contribution in [2.24, 2.45) is 53.3 Å². The van der Waals surface area contributed by atoms with E-state index in [1.165, 1.54) is 0 Å². The lowest BCUT2D eigenvalue weighted by molar-refractivity contribution is -0.164. The molecule has 9 rings (SSSR count). The summed E-state index contributed by atoms with van der Waals surface area (Å²) in [6.07, 6.45) is 1.17. The third kappa shape index (κ3) is 6.83. The molecule has 0 aromatic rings. The smallest absolute Gasteiger partial charge is 0.325 e. The van der Waals surface area contributed by atoms with Gasteiger partial charge in [-0.05, 0) is 32.1 Å². The van der Waals surface area contributed by atoms with Crippen molar-refractivity contribution in [2.75, 3.05) is 6.54 Å². The van der Waals surface area contributed by atoms with Gasteiger partial charge in [-0.1, -0.05) is 41.5 Å². The Balaban J connectivity index is 0.000000125. The summed E-state index contributed by atoms with van der Waals surface area (Å²) in [5, 5.41) is 2.06. The van der Waals surface area contributed by atoms with E-state index < -0.39 is 39.6 Å². The van der Waals surface area contributed by atoms with Crippen molar-refractivity contribution in [3.63, 3.8) is 0 Å². The number of rotatable bonds is 8. The molecule has 4 saturated carbocycles. The van der Waals surface area contributed by atoms with Crippen molar-refractivity contribution in [2.45, 2.75) is 128 Å². The molecule has 15 unspecified atom stereocenters. The van der Waals surface area contributed by atoms with Crippen LogP contribution in [0.3, 0.4) is 0 Å².